The number of fused-ring (bicyclic) bond motifs is 3. The zero-order valence-corrected chi connectivity index (χ0v) is 19.1. The molecule has 31 heavy (non-hydrogen) atoms. The smallest absolute Gasteiger partial charge is 0.259 e. The van der Waals surface area contributed by atoms with Crippen molar-refractivity contribution in [2.24, 2.45) is 0 Å². The van der Waals surface area contributed by atoms with Crippen LogP contribution in [0.5, 0.6) is 0 Å². The van der Waals surface area contributed by atoms with Crippen LogP contribution in [0.25, 0.3) is 10.2 Å². The molecule has 6 nitrogen and oxygen atoms in total. The average molecular weight is 439 g/mol. The second-order valence-corrected chi connectivity index (χ2v) is 9.59. The molecule has 1 aliphatic carbocycles. The third-order valence-electron chi connectivity index (χ3n) is 5.84. The van der Waals surface area contributed by atoms with E-state index in [-0.39, 0.29) is 11.5 Å². The number of hydrogen-bond donors (Lipinski definition) is 1. The molecule has 0 unspecified atom stereocenters. The van der Waals surface area contributed by atoms with E-state index < -0.39 is 0 Å². The van der Waals surface area contributed by atoms with Gasteiger partial charge in [-0.2, -0.15) is 0 Å². The lowest BCUT2D eigenvalue weighted by Gasteiger charge is -2.24. The molecule has 164 valence electrons. The van der Waals surface area contributed by atoms with Crippen molar-refractivity contribution in [2.45, 2.75) is 45.1 Å². The van der Waals surface area contributed by atoms with Crippen molar-refractivity contribution in [3.05, 3.63) is 62.5 Å². The summed E-state index contributed by atoms with van der Waals surface area (Å²) in [6, 6.07) is 10.1. The van der Waals surface area contributed by atoms with Crippen molar-refractivity contribution < 1.29 is 4.79 Å². The Bertz CT molecular complexity index is 1100. The number of aromatic amines is 1. The van der Waals surface area contributed by atoms with Gasteiger partial charge in [-0.25, -0.2) is 4.98 Å². The largest absolute Gasteiger partial charge is 0.337 e. The van der Waals surface area contributed by atoms with Crippen molar-refractivity contribution >= 4 is 27.5 Å². The maximum Gasteiger partial charge on any atom is 0.259 e. The van der Waals surface area contributed by atoms with Crippen LogP contribution in [0.2, 0.25) is 0 Å². The summed E-state index contributed by atoms with van der Waals surface area (Å²) in [6.07, 6.45) is 5.11. The standard InChI is InChI=1S/C24H30N4O2S/c1-27(2)14-15-28(16-17-8-4-3-5-9-17)21(29)13-12-20-25-23(30)22-18-10-6-7-11-19(18)31-24(22)26-20/h3-5,8-9H,6-7,10-16H2,1-2H3,(H,25,26,30). The van der Waals surface area contributed by atoms with E-state index >= 15 is 0 Å². The second-order valence-electron chi connectivity index (χ2n) is 8.51. The zero-order chi connectivity index (χ0) is 21.8. The molecule has 0 saturated heterocycles. The van der Waals surface area contributed by atoms with Gasteiger partial charge in [0.2, 0.25) is 5.91 Å². The topological polar surface area (TPSA) is 69.3 Å². The Kier molecular flexibility index (Phi) is 6.83. The maximum atomic E-state index is 13.0. The van der Waals surface area contributed by atoms with Gasteiger partial charge in [-0.3, -0.25) is 9.59 Å². The van der Waals surface area contributed by atoms with E-state index in [9.17, 15) is 9.59 Å². The highest BCUT2D eigenvalue weighted by molar-refractivity contribution is 7.18. The minimum Gasteiger partial charge on any atom is -0.337 e. The molecule has 2 heterocycles. The molecular formula is C24H30N4O2S. The molecule has 0 fully saturated rings. The van der Waals surface area contributed by atoms with Crippen LogP contribution >= 0.6 is 11.3 Å². The van der Waals surface area contributed by atoms with Crippen LogP contribution in [0.1, 0.15) is 41.1 Å². The second kappa shape index (κ2) is 9.75. The Morgan fingerprint density at radius 2 is 1.90 bits per heavy atom. The first-order chi connectivity index (χ1) is 15.0. The first kappa shape index (κ1) is 21.7. The molecule has 0 bridgehead atoms. The lowest BCUT2D eigenvalue weighted by atomic mass is 9.97. The van der Waals surface area contributed by atoms with Gasteiger partial charge in [0.25, 0.3) is 5.56 Å². The first-order valence-corrected chi connectivity index (χ1v) is 11.8. The summed E-state index contributed by atoms with van der Waals surface area (Å²) in [5.41, 5.74) is 2.26. The molecular weight excluding hydrogens is 408 g/mol. The summed E-state index contributed by atoms with van der Waals surface area (Å²) in [4.78, 5) is 39.5. The van der Waals surface area contributed by atoms with Crippen molar-refractivity contribution in [2.75, 3.05) is 27.2 Å². The zero-order valence-electron chi connectivity index (χ0n) is 18.3. The molecule has 7 heteroatoms. The molecule has 0 radical (unpaired) electrons. The van der Waals surface area contributed by atoms with Gasteiger partial charge in [0.05, 0.1) is 5.39 Å². The number of nitrogens with zero attached hydrogens (tertiary/aromatic N) is 3. The number of hydrogen-bond acceptors (Lipinski definition) is 5. The number of aryl methyl sites for hydroxylation is 3. The molecule has 3 aromatic rings. The van der Waals surface area contributed by atoms with Gasteiger partial charge in [-0.15, -0.1) is 11.3 Å². The number of amides is 1. The quantitative estimate of drug-likeness (QED) is 0.585. The summed E-state index contributed by atoms with van der Waals surface area (Å²) in [5, 5.41) is 0.770. The van der Waals surface area contributed by atoms with Gasteiger partial charge in [0, 0.05) is 37.4 Å². The van der Waals surface area contributed by atoms with Crippen molar-refractivity contribution in [1.29, 1.82) is 0 Å². The highest BCUT2D eigenvalue weighted by Gasteiger charge is 2.20. The minimum absolute atomic E-state index is 0.0550. The van der Waals surface area contributed by atoms with E-state index in [0.717, 1.165) is 41.6 Å². The predicted octanol–water partition coefficient (Wildman–Crippen LogP) is 3.39. The van der Waals surface area contributed by atoms with Crippen LogP contribution in [-0.2, 0) is 30.6 Å². The molecule has 1 N–H and O–H groups in total. The summed E-state index contributed by atoms with van der Waals surface area (Å²) in [6.45, 7) is 2.07. The van der Waals surface area contributed by atoms with E-state index in [1.54, 1.807) is 11.3 Å². The summed E-state index contributed by atoms with van der Waals surface area (Å²) < 4.78 is 0. The Morgan fingerprint density at radius 1 is 1.13 bits per heavy atom. The van der Waals surface area contributed by atoms with Crippen LogP contribution in [0.3, 0.4) is 0 Å². The van der Waals surface area contributed by atoms with Crippen LogP contribution in [0, 0.1) is 0 Å². The lowest BCUT2D eigenvalue weighted by molar-refractivity contribution is -0.132. The van der Waals surface area contributed by atoms with Gasteiger partial charge in [-0.05, 0) is 50.9 Å². The van der Waals surface area contributed by atoms with Crippen molar-refractivity contribution in [1.82, 2.24) is 19.8 Å². The fourth-order valence-corrected chi connectivity index (χ4v) is 5.41. The van der Waals surface area contributed by atoms with Crippen LogP contribution in [-0.4, -0.2) is 52.9 Å². The van der Waals surface area contributed by atoms with Gasteiger partial charge in [0.1, 0.15) is 10.7 Å². The van der Waals surface area contributed by atoms with E-state index in [1.807, 2.05) is 49.3 Å². The molecule has 1 aliphatic rings. The van der Waals surface area contributed by atoms with Crippen LogP contribution in [0.15, 0.2) is 35.1 Å². The maximum absolute atomic E-state index is 13.0. The third kappa shape index (κ3) is 5.22. The number of benzene rings is 1. The fraction of sp³-hybridized carbons (Fsp3) is 0.458. The molecule has 1 aromatic carbocycles. The Balaban J connectivity index is 1.47. The molecule has 1 amide bonds. The number of carbonyl (C=O) groups is 1. The van der Waals surface area contributed by atoms with E-state index in [0.29, 0.717) is 31.8 Å². The van der Waals surface area contributed by atoms with Gasteiger partial charge < -0.3 is 14.8 Å². The molecule has 0 aliphatic heterocycles. The van der Waals surface area contributed by atoms with Gasteiger partial charge in [-0.1, -0.05) is 30.3 Å². The monoisotopic (exact) mass is 438 g/mol. The Morgan fingerprint density at radius 3 is 2.68 bits per heavy atom. The highest BCUT2D eigenvalue weighted by atomic mass is 32.1. The van der Waals surface area contributed by atoms with Crippen molar-refractivity contribution in [3.8, 4) is 0 Å². The number of thiophene rings is 1. The average Bonchev–Trinajstić information content (AvgIpc) is 3.14. The minimum atomic E-state index is -0.0550. The van der Waals surface area contributed by atoms with Gasteiger partial charge >= 0.3 is 0 Å². The molecule has 4 rings (SSSR count). The number of carbonyl (C=O) groups excluding carboxylic acids is 1. The van der Waals surface area contributed by atoms with E-state index in [1.165, 1.54) is 16.9 Å². The molecule has 0 atom stereocenters. The SMILES string of the molecule is CN(C)CCN(Cc1ccccc1)C(=O)CCc1nc2sc3c(c2c(=O)[nH]1)CCCC3. The summed E-state index contributed by atoms with van der Waals surface area (Å²) in [7, 11) is 4.02. The molecule has 0 saturated carbocycles. The molecule has 2 aromatic heterocycles. The number of aromatic nitrogens is 2. The number of rotatable bonds is 8. The Hall–Kier alpha value is -2.51. The predicted molar refractivity (Wildman–Crippen MR) is 126 cm³/mol. The first-order valence-electron chi connectivity index (χ1n) is 11.0. The number of H-pyrrole nitrogens is 1. The highest BCUT2D eigenvalue weighted by Crippen LogP contribution is 2.33. The lowest BCUT2D eigenvalue weighted by Crippen LogP contribution is -2.36. The number of nitrogens with one attached hydrogen (secondary N) is 1. The van der Waals surface area contributed by atoms with Gasteiger partial charge in [0.15, 0.2) is 0 Å². The number of likely N-dealkylation sites (N-methyl/N-ethyl adjacent to an activating group) is 1. The van der Waals surface area contributed by atoms with Crippen molar-refractivity contribution in [3.63, 3.8) is 0 Å². The Labute approximate surface area is 186 Å². The van der Waals surface area contributed by atoms with Crippen LogP contribution < -0.4 is 5.56 Å². The van der Waals surface area contributed by atoms with E-state index in [4.69, 9.17) is 4.98 Å². The van der Waals surface area contributed by atoms with E-state index in [2.05, 4.69) is 9.88 Å². The van der Waals surface area contributed by atoms with Crippen LogP contribution in [0.4, 0.5) is 0 Å². The molecule has 0 spiro atoms. The normalized spacial score (nSPS) is 13.5. The fourth-order valence-electron chi connectivity index (χ4n) is 4.13. The summed E-state index contributed by atoms with van der Waals surface area (Å²) >= 11 is 1.65. The summed E-state index contributed by atoms with van der Waals surface area (Å²) in [5.74, 6) is 0.690. The third-order valence-corrected chi connectivity index (χ3v) is 7.02.